The van der Waals surface area contributed by atoms with Gasteiger partial charge in [0.2, 0.25) is 5.91 Å². The minimum absolute atomic E-state index is 0.177. The molecule has 2 rings (SSSR count). The fourth-order valence-electron chi connectivity index (χ4n) is 2.04. The molecule has 1 aliphatic carbocycles. The summed E-state index contributed by atoms with van der Waals surface area (Å²) in [5.41, 5.74) is -1.43. The van der Waals surface area contributed by atoms with E-state index in [1.54, 1.807) is 0 Å². The summed E-state index contributed by atoms with van der Waals surface area (Å²) in [6, 6.07) is 2.17. The fourth-order valence-corrected chi connectivity index (χ4v) is 2.04. The number of benzene rings is 1. The Morgan fingerprint density at radius 1 is 1.29 bits per heavy atom. The third-order valence-electron chi connectivity index (χ3n) is 3.27. The number of carbonyl (C=O) groups excluding carboxylic acids is 1. The lowest BCUT2D eigenvalue weighted by molar-refractivity contribution is -0.140. The van der Waals surface area contributed by atoms with Crippen LogP contribution >= 0.6 is 0 Å². The molecule has 1 aromatic rings. The number of carboxylic acids is 1. The quantitative estimate of drug-likeness (QED) is 0.838. The van der Waals surface area contributed by atoms with Gasteiger partial charge in [-0.3, -0.25) is 9.59 Å². The van der Waals surface area contributed by atoms with Crippen molar-refractivity contribution in [2.45, 2.75) is 19.1 Å². The van der Waals surface area contributed by atoms with E-state index in [-0.39, 0.29) is 12.0 Å². The lowest BCUT2D eigenvalue weighted by atomic mass is 10.1. The fraction of sp³-hybridized carbons (Fsp3) is 0.385. The maximum absolute atomic E-state index is 12.9. The number of hydrogen-bond acceptors (Lipinski definition) is 2. The van der Waals surface area contributed by atoms with Crippen LogP contribution in [0.15, 0.2) is 18.2 Å². The van der Waals surface area contributed by atoms with Crippen molar-refractivity contribution in [1.29, 1.82) is 0 Å². The van der Waals surface area contributed by atoms with Gasteiger partial charge < -0.3 is 10.4 Å². The van der Waals surface area contributed by atoms with E-state index in [0.717, 1.165) is 12.1 Å². The predicted octanol–water partition coefficient (Wildman–Crippen LogP) is 2.18. The molecule has 1 aromatic carbocycles. The zero-order chi connectivity index (χ0) is 15.8. The molecule has 0 radical (unpaired) electrons. The number of aliphatic carboxylic acids is 1. The van der Waals surface area contributed by atoms with Crippen LogP contribution in [0.3, 0.4) is 0 Å². The maximum Gasteiger partial charge on any atom is 0.416 e. The Bertz CT molecular complexity index is 585. The van der Waals surface area contributed by atoms with E-state index < -0.39 is 47.8 Å². The molecule has 0 spiro atoms. The Morgan fingerprint density at radius 2 is 1.95 bits per heavy atom. The second kappa shape index (κ2) is 5.34. The number of amides is 1. The number of nitrogens with one attached hydrogen (secondary N) is 1. The number of rotatable bonds is 4. The van der Waals surface area contributed by atoms with Gasteiger partial charge in [-0.2, -0.15) is 13.2 Å². The largest absolute Gasteiger partial charge is 0.481 e. The molecule has 0 aliphatic heterocycles. The monoisotopic (exact) mass is 305 g/mol. The van der Waals surface area contributed by atoms with Gasteiger partial charge in [-0.15, -0.1) is 0 Å². The summed E-state index contributed by atoms with van der Waals surface area (Å²) in [4.78, 5) is 22.2. The summed E-state index contributed by atoms with van der Waals surface area (Å²) >= 11 is 0. The average molecular weight is 305 g/mol. The molecule has 0 heterocycles. The van der Waals surface area contributed by atoms with Gasteiger partial charge >= 0.3 is 12.1 Å². The van der Waals surface area contributed by atoms with Crippen LogP contribution in [0.4, 0.5) is 17.6 Å². The third-order valence-corrected chi connectivity index (χ3v) is 3.27. The van der Waals surface area contributed by atoms with Crippen LogP contribution < -0.4 is 5.32 Å². The van der Waals surface area contributed by atoms with Gasteiger partial charge in [0.15, 0.2) is 0 Å². The summed E-state index contributed by atoms with van der Waals surface area (Å²) in [5, 5.41) is 10.9. The van der Waals surface area contributed by atoms with Gasteiger partial charge in [-0.05, 0) is 24.1 Å². The summed E-state index contributed by atoms with van der Waals surface area (Å²) in [6.45, 7) is -0.434. The number of alkyl halides is 3. The second-order valence-corrected chi connectivity index (χ2v) is 4.80. The summed E-state index contributed by atoms with van der Waals surface area (Å²) in [5.74, 6) is -4.23. The highest BCUT2D eigenvalue weighted by molar-refractivity contribution is 5.89. The molecule has 2 N–H and O–H groups in total. The molecule has 1 aliphatic rings. The van der Waals surface area contributed by atoms with Crippen molar-refractivity contribution < 1.29 is 32.3 Å². The third kappa shape index (κ3) is 3.50. The van der Waals surface area contributed by atoms with Crippen LogP contribution in [0, 0.1) is 17.7 Å². The molecule has 1 saturated carbocycles. The van der Waals surface area contributed by atoms with Crippen molar-refractivity contribution in [3.8, 4) is 0 Å². The van der Waals surface area contributed by atoms with Gasteiger partial charge in [0, 0.05) is 6.54 Å². The van der Waals surface area contributed by atoms with Gasteiger partial charge in [0.25, 0.3) is 0 Å². The highest BCUT2D eigenvalue weighted by Gasteiger charge is 2.48. The molecular weight excluding hydrogens is 294 g/mol. The molecule has 0 aromatic heterocycles. The second-order valence-electron chi connectivity index (χ2n) is 4.80. The van der Waals surface area contributed by atoms with Crippen LogP contribution in [0.5, 0.6) is 0 Å². The first kappa shape index (κ1) is 15.3. The molecule has 114 valence electrons. The van der Waals surface area contributed by atoms with Crippen molar-refractivity contribution in [3.63, 3.8) is 0 Å². The lowest BCUT2D eigenvalue weighted by Gasteiger charge is -2.13. The topological polar surface area (TPSA) is 66.4 Å². The Hall–Kier alpha value is -2.12. The lowest BCUT2D eigenvalue weighted by Crippen LogP contribution is -2.27. The summed E-state index contributed by atoms with van der Waals surface area (Å²) in [7, 11) is 0. The first-order valence-corrected chi connectivity index (χ1v) is 6.06. The SMILES string of the molecule is O=C(O)[C@H]1C[C@@H]1C(=O)NCc1ccc(F)cc1C(F)(F)F. The molecular formula is C13H11F4NO3. The normalized spacial score (nSPS) is 21.0. The number of halogens is 4. The number of carboxylic acid groups (broad SMARTS) is 1. The van der Waals surface area contributed by atoms with Gasteiger partial charge in [0.1, 0.15) is 5.82 Å². The molecule has 1 amide bonds. The van der Waals surface area contributed by atoms with E-state index in [1.807, 2.05) is 0 Å². The van der Waals surface area contributed by atoms with E-state index in [2.05, 4.69) is 5.32 Å². The predicted molar refractivity (Wildman–Crippen MR) is 62.5 cm³/mol. The van der Waals surface area contributed by atoms with E-state index in [1.165, 1.54) is 0 Å². The molecule has 0 bridgehead atoms. The van der Waals surface area contributed by atoms with Crippen LogP contribution in [0.1, 0.15) is 17.5 Å². The first-order valence-electron chi connectivity index (χ1n) is 6.06. The standard InChI is InChI=1S/C13H11F4NO3/c14-7-2-1-6(10(3-7)13(15,16)17)5-18-11(19)8-4-9(8)12(20)21/h1-3,8-9H,4-5H2,(H,18,19)(H,20,21)/t8-,9-/m0/s1. The van der Waals surface area contributed by atoms with Crippen molar-refractivity contribution in [2.75, 3.05) is 0 Å². The molecule has 0 saturated heterocycles. The Balaban J connectivity index is 2.04. The van der Waals surface area contributed by atoms with Gasteiger partial charge in [-0.25, -0.2) is 4.39 Å². The Labute approximate surface area is 116 Å². The van der Waals surface area contributed by atoms with Crippen molar-refractivity contribution in [1.82, 2.24) is 5.32 Å². The number of carbonyl (C=O) groups is 2. The van der Waals surface area contributed by atoms with Crippen LogP contribution in [0.2, 0.25) is 0 Å². The molecule has 0 unspecified atom stereocenters. The van der Waals surface area contributed by atoms with Gasteiger partial charge in [-0.1, -0.05) is 6.07 Å². The maximum atomic E-state index is 12.9. The molecule has 21 heavy (non-hydrogen) atoms. The minimum Gasteiger partial charge on any atom is -0.481 e. The van der Waals surface area contributed by atoms with Gasteiger partial charge in [0.05, 0.1) is 17.4 Å². The zero-order valence-electron chi connectivity index (χ0n) is 10.6. The smallest absolute Gasteiger partial charge is 0.416 e. The van der Waals surface area contributed by atoms with E-state index in [9.17, 15) is 27.2 Å². The summed E-state index contributed by atoms with van der Waals surface area (Å²) in [6.07, 6.45) is -4.55. The molecule has 2 atom stereocenters. The van der Waals surface area contributed by atoms with Crippen LogP contribution in [-0.2, 0) is 22.3 Å². The Kier molecular flexibility index (Phi) is 3.89. The Morgan fingerprint density at radius 3 is 2.48 bits per heavy atom. The highest BCUT2D eigenvalue weighted by atomic mass is 19.4. The average Bonchev–Trinajstić information content (AvgIpc) is 3.16. The van der Waals surface area contributed by atoms with Crippen LogP contribution in [-0.4, -0.2) is 17.0 Å². The molecule has 1 fully saturated rings. The van der Waals surface area contributed by atoms with Crippen molar-refractivity contribution in [2.24, 2.45) is 11.8 Å². The van der Waals surface area contributed by atoms with E-state index in [4.69, 9.17) is 5.11 Å². The molecule has 4 nitrogen and oxygen atoms in total. The number of hydrogen-bond donors (Lipinski definition) is 2. The van der Waals surface area contributed by atoms with Crippen LogP contribution in [0.25, 0.3) is 0 Å². The van der Waals surface area contributed by atoms with E-state index in [0.29, 0.717) is 6.07 Å². The minimum atomic E-state index is -4.73. The highest BCUT2D eigenvalue weighted by Crippen LogP contribution is 2.39. The molecule has 8 heteroatoms. The van der Waals surface area contributed by atoms with Crippen molar-refractivity contribution in [3.05, 3.63) is 35.1 Å². The summed E-state index contributed by atoms with van der Waals surface area (Å²) < 4.78 is 51.1. The van der Waals surface area contributed by atoms with Crippen molar-refractivity contribution >= 4 is 11.9 Å². The van der Waals surface area contributed by atoms with E-state index >= 15 is 0 Å². The zero-order valence-corrected chi connectivity index (χ0v) is 10.6. The first-order chi connectivity index (χ1) is 9.70.